The Kier molecular flexibility index (Phi) is 11.2. The summed E-state index contributed by atoms with van der Waals surface area (Å²) in [5, 5.41) is 3.41. The van der Waals surface area contributed by atoms with Crippen LogP contribution >= 0.6 is 27.5 Å². The maximum atomic E-state index is 14.1. The van der Waals surface area contributed by atoms with E-state index in [1.807, 2.05) is 68.4 Å². The Bertz CT molecular complexity index is 1440. The Labute approximate surface area is 250 Å². The molecule has 3 rings (SSSR count). The van der Waals surface area contributed by atoms with Crippen LogP contribution in [-0.2, 0) is 32.6 Å². The molecule has 2 amide bonds. The van der Waals surface area contributed by atoms with Crippen LogP contribution < -0.4 is 9.62 Å². The van der Waals surface area contributed by atoms with E-state index in [1.165, 1.54) is 4.90 Å². The van der Waals surface area contributed by atoms with Crippen molar-refractivity contribution >= 4 is 55.1 Å². The lowest BCUT2D eigenvalue weighted by Gasteiger charge is -2.34. The van der Waals surface area contributed by atoms with Gasteiger partial charge in [0.2, 0.25) is 21.8 Å². The van der Waals surface area contributed by atoms with Crippen LogP contribution in [0.25, 0.3) is 0 Å². The van der Waals surface area contributed by atoms with Gasteiger partial charge in [-0.3, -0.25) is 13.9 Å². The van der Waals surface area contributed by atoms with Crippen LogP contribution in [0.15, 0.2) is 77.3 Å². The van der Waals surface area contributed by atoms with Gasteiger partial charge in [0, 0.05) is 28.5 Å². The largest absolute Gasteiger partial charge is 0.352 e. The normalized spacial score (nSPS) is 12.8. The molecular formula is C30H35BrClN3O4S. The molecule has 0 radical (unpaired) electrons. The number of carbonyl (C=O) groups excluding carboxylic acids is 2. The van der Waals surface area contributed by atoms with E-state index in [9.17, 15) is 18.0 Å². The molecule has 0 heterocycles. The second-order valence-electron chi connectivity index (χ2n) is 9.83. The minimum Gasteiger partial charge on any atom is -0.352 e. The van der Waals surface area contributed by atoms with Crippen LogP contribution in [0.2, 0.25) is 5.02 Å². The highest BCUT2D eigenvalue weighted by Crippen LogP contribution is 2.29. The third kappa shape index (κ3) is 8.56. The number of benzene rings is 3. The summed E-state index contributed by atoms with van der Waals surface area (Å²) in [6.45, 7) is 5.20. The maximum Gasteiger partial charge on any atom is 0.244 e. The van der Waals surface area contributed by atoms with Gasteiger partial charge in [0.1, 0.15) is 12.6 Å². The summed E-state index contributed by atoms with van der Waals surface area (Å²) in [5.74, 6) is -0.809. The van der Waals surface area contributed by atoms with Gasteiger partial charge in [0.15, 0.2) is 0 Å². The van der Waals surface area contributed by atoms with Crippen LogP contribution in [0.4, 0.5) is 5.69 Å². The fourth-order valence-corrected chi connectivity index (χ4v) is 5.80. The van der Waals surface area contributed by atoms with Crippen molar-refractivity contribution in [2.24, 2.45) is 0 Å². The zero-order valence-corrected chi connectivity index (χ0v) is 26.3. The van der Waals surface area contributed by atoms with Crippen LogP contribution in [0.1, 0.15) is 37.0 Å². The molecule has 1 N–H and O–H groups in total. The van der Waals surface area contributed by atoms with Crippen molar-refractivity contribution in [3.63, 3.8) is 0 Å². The van der Waals surface area contributed by atoms with E-state index in [1.54, 1.807) is 25.1 Å². The van der Waals surface area contributed by atoms with E-state index >= 15 is 0 Å². The third-order valence-corrected chi connectivity index (χ3v) is 8.73. The number of anilines is 1. The van der Waals surface area contributed by atoms with Crippen LogP contribution in [0.5, 0.6) is 0 Å². The molecule has 0 aliphatic rings. The Balaban J connectivity index is 2.09. The van der Waals surface area contributed by atoms with Crippen molar-refractivity contribution in [1.29, 1.82) is 0 Å². The predicted octanol–water partition coefficient (Wildman–Crippen LogP) is 5.73. The zero-order valence-electron chi connectivity index (χ0n) is 23.1. The molecule has 0 aliphatic carbocycles. The van der Waals surface area contributed by atoms with E-state index in [0.717, 1.165) is 32.6 Å². The molecule has 3 aromatic rings. The predicted molar refractivity (Wildman–Crippen MR) is 165 cm³/mol. The molecule has 2 atom stereocenters. The number of amides is 2. The first kappa shape index (κ1) is 31.6. The lowest BCUT2D eigenvalue weighted by Crippen LogP contribution is -2.54. The standard InChI is InChI=1S/C30H35BrClN3O4S/c1-5-21(2)33-30(37)28(18-23-11-7-6-8-12-23)34(19-24-13-9-14-25(31)17-24)29(36)20-35(40(4,38)39)27-16-10-15-26(32)22(27)3/h6-17,21,28H,5,18-20H2,1-4H3,(H,33,37)/t21-,28+/m1/s1. The van der Waals surface area contributed by atoms with E-state index < -0.39 is 28.5 Å². The Hall–Kier alpha value is -2.88. The number of rotatable bonds is 12. The van der Waals surface area contributed by atoms with Crippen molar-refractivity contribution in [2.75, 3.05) is 17.1 Å². The van der Waals surface area contributed by atoms with Crippen LogP contribution in [-0.4, -0.2) is 50.0 Å². The fourth-order valence-electron chi connectivity index (χ4n) is 4.29. The van der Waals surface area contributed by atoms with Gasteiger partial charge < -0.3 is 10.2 Å². The summed E-state index contributed by atoms with van der Waals surface area (Å²) in [4.78, 5) is 29.3. The second kappa shape index (κ2) is 14.1. The summed E-state index contributed by atoms with van der Waals surface area (Å²) >= 11 is 9.78. The van der Waals surface area contributed by atoms with Crippen LogP contribution in [0, 0.1) is 6.92 Å². The summed E-state index contributed by atoms with van der Waals surface area (Å²) in [6.07, 6.45) is 2.04. The molecule has 0 aliphatic heterocycles. The fraction of sp³-hybridized carbons (Fsp3) is 0.333. The highest BCUT2D eigenvalue weighted by molar-refractivity contribution is 9.10. The number of sulfonamides is 1. The average Bonchev–Trinajstić information content (AvgIpc) is 2.90. The van der Waals surface area contributed by atoms with Crippen LogP contribution in [0.3, 0.4) is 0 Å². The van der Waals surface area contributed by atoms with Gasteiger partial charge in [0.25, 0.3) is 0 Å². The lowest BCUT2D eigenvalue weighted by atomic mass is 10.0. The molecule has 7 nitrogen and oxygen atoms in total. The van der Waals surface area contributed by atoms with Gasteiger partial charge in [-0.05, 0) is 61.2 Å². The quantitative estimate of drug-likeness (QED) is 0.272. The Morgan fingerprint density at radius 2 is 1.65 bits per heavy atom. The summed E-state index contributed by atoms with van der Waals surface area (Å²) in [6, 6.07) is 20.9. The topological polar surface area (TPSA) is 86.8 Å². The highest BCUT2D eigenvalue weighted by Gasteiger charge is 2.33. The number of hydrogen-bond acceptors (Lipinski definition) is 4. The second-order valence-corrected chi connectivity index (χ2v) is 13.1. The number of hydrogen-bond donors (Lipinski definition) is 1. The van der Waals surface area contributed by atoms with Crippen molar-refractivity contribution < 1.29 is 18.0 Å². The van der Waals surface area contributed by atoms with Crippen molar-refractivity contribution in [1.82, 2.24) is 10.2 Å². The van der Waals surface area contributed by atoms with E-state index in [2.05, 4.69) is 21.2 Å². The number of nitrogens with zero attached hydrogens (tertiary/aromatic N) is 2. The molecule has 0 aromatic heterocycles. The van der Waals surface area contributed by atoms with Crippen molar-refractivity contribution in [3.8, 4) is 0 Å². The molecule has 10 heteroatoms. The maximum absolute atomic E-state index is 14.1. The van der Waals surface area contributed by atoms with E-state index in [0.29, 0.717) is 16.3 Å². The molecule has 0 saturated heterocycles. The summed E-state index contributed by atoms with van der Waals surface area (Å²) in [7, 11) is -3.87. The smallest absolute Gasteiger partial charge is 0.244 e. The molecule has 40 heavy (non-hydrogen) atoms. The SMILES string of the molecule is CC[C@@H](C)NC(=O)[C@H](Cc1ccccc1)N(Cc1cccc(Br)c1)C(=O)CN(c1cccc(Cl)c1C)S(C)(=O)=O. The molecular weight excluding hydrogens is 614 g/mol. The monoisotopic (exact) mass is 647 g/mol. The molecule has 0 fully saturated rings. The van der Waals surface area contributed by atoms with Crippen molar-refractivity contribution in [3.05, 3.63) is 99.0 Å². The minimum absolute atomic E-state index is 0.102. The van der Waals surface area contributed by atoms with Gasteiger partial charge >= 0.3 is 0 Å². The molecule has 214 valence electrons. The first-order valence-electron chi connectivity index (χ1n) is 13.0. The molecule has 0 spiro atoms. The van der Waals surface area contributed by atoms with Crippen molar-refractivity contribution in [2.45, 2.75) is 52.2 Å². The van der Waals surface area contributed by atoms with E-state index in [-0.39, 0.29) is 24.9 Å². The van der Waals surface area contributed by atoms with Gasteiger partial charge in [0.05, 0.1) is 11.9 Å². The third-order valence-electron chi connectivity index (χ3n) is 6.70. The lowest BCUT2D eigenvalue weighted by molar-refractivity contribution is -0.140. The molecule has 0 unspecified atom stereocenters. The molecule has 3 aromatic carbocycles. The number of nitrogens with one attached hydrogen (secondary N) is 1. The van der Waals surface area contributed by atoms with Gasteiger partial charge in [-0.2, -0.15) is 0 Å². The average molecular weight is 649 g/mol. The van der Waals surface area contributed by atoms with Gasteiger partial charge in [-0.15, -0.1) is 0 Å². The summed E-state index contributed by atoms with van der Waals surface area (Å²) < 4.78 is 27.8. The molecule has 0 saturated carbocycles. The number of halogens is 2. The Morgan fingerprint density at radius 1 is 1.00 bits per heavy atom. The highest BCUT2D eigenvalue weighted by atomic mass is 79.9. The zero-order chi connectivity index (χ0) is 29.4. The first-order chi connectivity index (χ1) is 18.9. The number of carbonyl (C=O) groups is 2. The van der Waals surface area contributed by atoms with Gasteiger partial charge in [-0.25, -0.2) is 8.42 Å². The van der Waals surface area contributed by atoms with Gasteiger partial charge in [-0.1, -0.05) is 83.0 Å². The first-order valence-corrected chi connectivity index (χ1v) is 16.0. The minimum atomic E-state index is -3.87. The molecule has 0 bridgehead atoms. The van der Waals surface area contributed by atoms with E-state index in [4.69, 9.17) is 11.6 Å². The Morgan fingerprint density at radius 3 is 2.27 bits per heavy atom. The summed E-state index contributed by atoms with van der Waals surface area (Å²) in [5.41, 5.74) is 2.53.